The van der Waals surface area contributed by atoms with Crippen molar-refractivity contribution in [2.24, 2.45) is 0 Å². The molecule has 0 N–H and O–H groups in total. The van der Waals surface area contributed by atoms with Gasteiger partial charge in [-0.05, 0) is 42.3 Å². The van der Waals surface area contributed by atoms with E-state index in [9.17, 15) is 17.6 Å². The van der Waals surface area contributed by atoms with Gasteiger partial charge in [-0.25, -0.2) is 18.7 Å². The zero-order valence-corrected chi connectivity index (χ0v) is 13.0. The molecule has 0 spiro atoms. The molecule has 0 aliphatic heterocycles. The average Bonchev–Trinajstić information content (AvgIpc) is 2.56. The molecule has 0 fully saturated rings. The number of nitrogens with zero attached hydrogens (tertiary/aromatic N) is 2. The van der Waals surface area contributed by atoms with Gasteiger partial charge >= 0.3 is 6.11 Å². The minimum absolute atomic E-state index is 0.141. The lowest BCUT2D eigenvalue weighted by molar-refractivity contribution is -0.192. The second-order valence-electron chi connectivity index (χ2n) is 5.35. The van der Waals surface area contributed by atoms with Crippen molar-refractivity contribution in [1.82, 2.24) is 9.97 Å². The van der Waals surface area contributed by atoms with Crippen molar-refractivity contribution >= 4 is 0 Å². The third-order valence-electron chi connectivity index (χ3n) is 3.38. The van der Waals surface area contributed by atoms with Crippen molar-refractivity contribution in [3.63, 3.8) is 0 Å². The Labute approximate surface area is 140 Å². The quantitative estimate of drug-likeness (QED) is 0.632. The molecule has 2 aromatic carbocycles. The Balaban J connectivity index is 1.85. The molecule has 1 heterocycles. The number of aryl methyl sites for hydroxylation is 1. The summed E-state index contributed by atoms with van der Waals surface area (Å²) >= 11 is 0. The molecular formula is C18H12F4N2O. The molecule has 3 aromatic rings. The van der Waals surface area contributed by atoms with Gasteiger partial charge in [0, 0.05) is 24.0 Å². The summed E-state index contributed by atoms with van der Waals surface area (Å²) in [5.41, 5.74) is 1.18. The van der Waals surface area contributed by atoms with Crippen LogP contribution in [0.25, 0.3) is 11.1 Å². The predicted molar refractivity (Wildman–Crippen MR) is 83.1 cm³/mol. The van der Waals surface area contributed by atoms with E-state index in [1.165, 1.54) is 48.8 Å². The summed E-state index contributed by atoms with van der Waals surface area (Å²) in [6.07, 6.45) is -1.34. The van der Waals surface area contributed by atoms with Gasteiger partial charge in [0.05, 0.1) is 0 Å². The van der Waals surface area contributed by atoms with Crippen molar-refractivity contribution in [2.45, 2.75) is 13.0 Å². The fourth-order valence-electron chi connectivity index (χ4n) is 2.16. The van der Waals surface area contributed by atoms with Crippen LogP contribution in [0.1, 0.15) is 11.4 Å². The van der Waals surface area contributed by atoms with Gasteiger partial charge in [0.2, 0.25) is 5.82 Å². The lowest BCUT2D eigenvalue weighted by Gasteiger charge is -2.17. The minimum atomic E-state index is -3.81. The first-order chi connectivity index (χ1) is 11.8. The van der Waals surface area contributed by atoms with Gasteiger partial charge in [0.15, 0.2) is 0 Å². The van der Waals surface area contributed by atoms with E-state index in [4.69, 9.17) is 0 Å². The molecule has 25 heavy (non-hydrogen) atoms. The molecule has 3 rings (SSSR count). The maximum absolute atomic E-state index is 14.2. The van der Waals surface area contributed by atoms with E-state index < -0.39 is 23.6 Å². The molecule has 0 aliphatic carbocycles. The van der Waals surface area contributed by atoms with Gasteiger partial charge < -0.3 is 4.74 Å². The summed E-state index contributed by atoms with van der Waals surface area (Å²) in [6.45, 7) is 1.66. The molecule has 0 aliphatic rings. The molecular weight excluding hydrogens is 336 g/mol. The lowest BCUT2D eigenvalue weighted by atomic mass is 10.1. The Kier molecular flexibility index (Phi) is 4.39. The lowest BCUT2D eigenvalue weighted by Crippen LogP contribution is -2.25. The van der Waals surface area contributed by atoms with E-state index in [0.717, 1.165) is 6.07 Å². The SMILES string of the molecule is Cc1cnc(C(F)(F)Oc2ccc(-c3ccc(F)cc3)c(F)c2)nc1. The van der Waals surface area contributed by atoms with Crippen LogP contribution in [-0.4, -0.2) is 9.97 Å². The molecule has 0 atom stereocenters. The fraction of sp³-hybridized carbons (Fsp3) is 0.111. The topological polar surface area (TPSA) is 35.0 Å². The van der Waals surface area contributed by atoms with E-state index in [0.29, 0.717) is 11.1 Å². The number of aromatic nitrogens is 2. The van der Waals surface area contributed by atoms with E-state index in [1.807, 2.05) is 0 Å². The Morgan fingerprint density at radius 2 is 1.56 bits per heavy atom. The molecule has 1 aromatic heterocycles. The zero-order chi connectivity index (χ0) is 18.0. The van der Waals surface area contributed by atoms with Crippen molar-refractivity contribution in [3.8, 4) is 16.9 Å². The van der Waals surface area contributed by atoms with Gasteiger partial charge in [-0.1, -0.05) is 12.1 Å². The number of halogens is 4. The number of rotatable bonds is 4. The Morgan fingerprint density at radius 3 is 2.16 bits per heavy atom. The Hall–Kier alpha value is -2.96. The first-order valence-corrected chi connectivity index (χ1v) is 7.26. The zero-order valence-electron chi connectivity index (χ0n) is 13.0. The molecule has 0 radical (unpaired) electrons. The molecule has 0 saturated carbocycles. The van der Waals surface area contributed by atoms with Gasteiger partial charge in [-0.2, -0.15) is 8.78 Å². The van der Waals surface area contributed by atoms with Gasteiger partial charge in [0.25, 0.3) is 0 Å². The van der Waals surface area contributed by atoms with E-state index in [-0.39, 0.29) is 11.3 Å². The highest BCUT2D eigenvalue weighted by atomic mass is 19.3. The van der Waals surface area contributed by atoms with Crippen LogP contribution in [-0.2, 0) is 6.11 Å². The first-order valence-electron chi connectivity index (χ1n) is 7.26. The van der Waals surface area contributed by atoms with Gasteiger partial charge in [-0.15, -0.1) is 0 Å². The van der Waals surface area contributed by atoms with Crippen molar-refractivity contribution in [3.05, 3.63) is 77.9 Å². The predicted octanol–water partition coefficient (Wildman–Crippen LogP) is 4.86. The van der Waals surface area contributed by atoms with Crippen molar-refractivity contribution < 1.29 is 22.3 Å². The van der Waals surface area contributed by atoms with Crippen molar-refractivity contribution in [1.29, 1.82) is 0 Å². The Morgan fingerprint density at radius 1 is 0.920 bits per heavy atom. The van der Waals surface area contributed by atoms with Crippen LogP contribution in [0.5, 0.6) is 5.75 Å². The normalized spacial score (nSPS) is 11.4. The molecule has 0 bridgehead atoms. The van der Waals surface area contributed by atoms with E-state index >= 15 is 0 Å². The largest absolute Gasteiger partial charge is 0.462 e. The summed E-state index contributed by atoms with van der Waals surface area (Å²) in [5.74, 6) is -2.43. The highest BCUT2D eigenvalue weighted by Crippen LogP contribution is 2.32. The van der Waals surface area contributed by atoms with Gasteiger partial charge in [-0.3, -0.25) is 0 Å². The third-order valence-corrected chi connectivity index (χ3v) is 3.38. The summed E-state index contributed by atoms with van der Waals surface area (Å²) < 4.78 is 59.8. The number of alkyl halides is 2. The summed E-state index contributed by atoms with van der Waals surface area (Å²) in [7, 11) is 0. The maximum atomic E-state index is 14.2. The van der Waals surface area contributed by atoms with Crippen molar-refractivity contribution in [2.75, 3.05) is 0 Å². The van der Waals surface area contributed by atoms with Crippen LogP contribution in [0.4, 0.5) is 17.6 Å². The number of hydrogen-bond donors (Lipinski definition) is 0. The second-order valence-corrected chi connectivity index (χ2v) is 5.35. The molecule has 0 saturated heterocycles. The summed E-state index contributed by atoms with van der Waals surface area (Å²) in [4.78, 5) is 7.05. The fourth-order valence-corrected chi connectivity index (χ4v) is 2.16. The van der Waals surface area contributed by atoms with Crippen LogP contribution >= 0.6 is 0 Å². The third kappa shape index (κ3) is 3.76. The minimum Gasteiger partial charge on any atom is -0.426 e. The molecule has 7 heteroatoms. The first kappa shape index (κ1) is 16.9. The number of benzene rings is 2. The standard InChI is InChI=1S/C18H12F4N2O/c1-11-9-23-17(24-10-11)18(21,22)25-14-6-7-15(16(20)8-14)12-2-4-13(19)5-3-12/h2-10H,1H3. The Bertz CT molecular complexity index is 881. The summed E-state index contributed by atoms with van der Waals surface area (Å²) in [5, 5.41) is 0. The van der Waals surface area contributed by atoms with Crippen LogP contribution in [0.15, 0.2) is 54.9 Å². The second kappa shape index (κ2) is 6.51. The van der Waals surface area contributed by atoms with Crippen LogP contribution in [0, 0.1) is 18.6 Å². The summed E-state index contributed by atoms with van der Waals surface area (Å²) in [6, 6.07) is 8.46. The average molecular weight is 348 g/mol. The maximum Gasteiger partial charge on any atom is 0.462 e. The number of hydrogen-bond acceptors (Lipinski definition) is 3. The molecule has 0 amide bonds. The number of ether oxygens (including phenoxy) is 1. The molecule has 128 valence electrons. The smallest absolute Gasteiger partial charge is 0.426 e. The highest BCUT2D eigenvalue weighted by molar-refractivity contribution is 5.64. The monoisotopic (exact) mass is 348 g/mol. The van der Waals surface area contributed by atoms with E-state index in [1.54, 1.807) is 6.92 Å². The van der Waals surface area contributed by atoms with Crippen LogP contribution in [0.2, 0.25) is 0 Å². The highest BCUT2D eigenvalue weighted by Gasteiger charge is 2.38. The molecule has 0 unspecified atom stereocenters. The van der Waals surface area contributed by atoms with E-state index in [2.05, 4.69) is 14.7 Å². The van der Waals surface area contributed by atoms with Crippen LogP contribution in [0.3, 0.4) is 0 Å². The van der Waals surface area contributed by atoms with Gasteiger partial charge in [0.1, 0.15) is 17.4 Å². The van der Waals surface area contributed by atoms with Crippen LogP contribution < -0.4 is 4.74 Å². The molecule has 3 nitrogen and oxygen atoms in total.